The molecule has 0 amide bonds. The number of ether oxygens (including phenoxy) is 1. The maximum Gasteiger partial charge on any atom is 0.201 e. The summed E-state index contributed by atoms with van der Waals surface area (Å²) in [6.07, 6.45) is 1.26. The summed E-state index contributed by atoms with van der Waals surface area (Å²) >= 11 is 0. The van der Waals surface area contributed by atoms with Crippen molar-refractivity contribution in [1.29, 1.82) is 0 Å². The molecule has 0 spiro atoms. The van der Waals surface area contributed by atoms with Crippen LogP contribution in [0.3, 0.4) is 0 Å². The first kappa shape index (κ1) is 9.71. The standard InChI is InChI=1S/C10H10F2O/c1-3-7-5-6-8(13-4-2)10(12)9(7)11/h3,5-6H,1,4H2,2H3. The first-order valence-corrected chi connectivity index (χ1v) is 3.94. The van der Waals surface area contributed by atoms with Gasteiger partial charge in [0, 0.05) is 5.56 Å². The Morgan fingerprint density at radius 1 is 1.38 bits per heavy atom. The van der Waals surface area contributed by atoms with Gasteiger partial charge >= 0.3 is 0 Å². The third-order valence-electron chi connectivity index (χ3n) is 1.60. The molecule has 1 aromatic rings. The van der Waals surface area contributed by atoms with Gasteiger partial charge in [-0.2, -0.15) is 4.39 Å². The molecular formula is C10H10F2O. The highest BCUT2D eigenvalue weighted by atomic mass is 19.2. The Bertz CT molecular complexity index is 321. The molecule has 70 valence electrons. The molecule has 0 atom stereocenters. The Morgan fingerprint density at radius 3 is 2.62 bits per heavy atom. The molecule has 1 rings (SSSR count). The van der Waals surface area contributed by atoms with Crippen molar-refractivity contribution >= 4 is 6.08 Å². The summed E-state index contributed by atoms with van der Waals surface area (Å²) in [5.74, 6) is -1.94. The number of rotatable bonds is 3. The van der Waals surface area contributed by atoms with E-state index in [2.05, 4.69) is 6.58 Å². The van der Waals surface area contributed by atoms with E-state index in [-0.39, 0.29) is 11.3 Å². The normalized spacial score (nSPS) is 9.77. The number of halogens is 2. The average molecular weight is 184 g/mol. The monoisotopic (exact) mass is 184 g/mol. The molecule has 0 aliphatic rings. The van der Waals surface area contributed by atoms with Crippen LogP contribution in [0.5, 0.6) is 5.75 Å². The van der Waals surface area contributed by atoms with Crippen molar-refractivity contribution in [2.75, 3.05) is 6.61 Å². The van der Waals surface area contributed by atoms with Crippen LogP contribution in [0.4, 0.5) is 8.78 Å². The average Bonchev–Trinajstić information content (AvgIpc) is 2.14. The second-order valence-electron chi connectivity index (χ2n) is 2.42. The van der Waals surface area contributed by atoms with Gasteiger partial charge in [0.2, 0.25) is 5.82 Å². The molecule has 0 heterocycles. The zero-order valence-electron chi connectivity index (χ0n) is 7.31. The van der Waals surface area contributed by atoms with Crippen LogP contribution in [0.1, 0.15) is 12.5 Å². The van der Waals surface area contributed by atoms with Crippen molar-refractivity contribution in [1.82, 2.24) is 0 Å². The summed E-state index contributed by atoms with van der Waals surface area (Å²) in [4.78, 5) is 0. The molecule has 0 bridgehead atoms. The summed E-state index contributed by atoms with van der Waals surface area (Å²) in [5, 5.41) is 0. The van der Waals surface area contributed by atoms with E-state index in [9.17, 15) is 8.78 Å². The van der Waals surface area contributed by atoms with Crippen molar-refractivity contribution in [2.45, 2.75) is 6.92 Å². The van der Waals surface area contributed by atoms with Gasteiger partial charge in [0.1, 0.15) is 0 Å². The highest BCUT2D eigenvalue weighted by Gasteiger charge is 2.11. The molecule has 0 unspecified atom stereocenters. The molecule has 0 aliphatic heterocycles. The molecule has 0 radical (unpaired) electrons. The topological polar surface area (TPSA) is 9.23 Å². The summed E-state index contributed by atoms with van der Waals surface area (Å²) < 4.78 is 31.0. The first-order chi connectivity index (χ1) is 6.20. The lowest BCUT2D eigenvalue weighted by Gasteiger charge is -2.06. The summed E-state index contributed by atoms with van der Waals surface area (Å²) in [7, 11) is 0. The van der Waals surface area contributed by atoms with Crippen molar-refractivity contribution in [3.8, 4) is 5.75 Å². The van der Waals surface area contributed by atoms with Gasteiger partial charge in [0.15, 0.2) is 11.6 Å². The van der Waals surface area contributed by atoms with E-state index in [1.54, 1.807) is 6.92 Å². The van der Waals surface area contributed by atoms with Gasteiger partial charge in [-0.15, -0.1) is 0 Å². The Hall–Kier alpha value is -1.38. The van der Waals surface area contributed by atoms with Crippen molar-refractivity contribution < 1.29 is 13.5 Å². The molecule has 0 saturated carbocycles. The summed E-state index contributed by atoms with van der Waals surface area (Å²) in [6.45, 7) is 5.38. The molecule has 3 heteroatoms. The van der Waals surface area contributed by atoms with Gasteiger partial charge < -0.3 is 4.74 Å². The third kappa shape index (κ3) is 1.86. The third-order valence-corrected chi connectivity index (χ3v) is 1.60. The van der Waals surface area contributed by atoms with Crippen LogP contribution >= 0.6 is 0 Å². The van der Waals surface area contributed by atoms with Crippen LogP contribution in [-0.4, -0.2) is 6.61 Å². The second-order valence-corrected chi connectivity index (χ2v) is 2.42. The van der Waals surface area contributed by atoms with Crippen LogP contribution in [0.2, 0.25) is 0 Å². The van der Waals surface area contributed by atoms with Crippen LogP contribution in [-0.2, 0) is 0 Å². The van der Waals surface area contributed by atoms with Gasteiger partial charge in [-0.25, -0.2) is 4.39 Å². The summed E-state index contributed by atoms with van der Waals surface area (Å²) in [6, 6.07) is 2.81. The quantitative estimate of drug-likeness (QED) is 0.701. The zero-order valence-corrected chi connectivity index (χ0v) is 7.31. The zero-order chi connectivity index (χ0) is 9.84. The van der Waals surface area contributed by atoms with E-state index in [0.29, 0.717) is 6.61 Å². The minimum Gasteiger partial charge on any atom is -0.491 e. The van der Waals surface area contributed by atoms with E-state index in [1.807, 2.05) is 0 Å². The largest absolute Gasteiger partial charge is 0.491 e. The van der Waals surface area contributed by atoms with E-state index >= 15 is 0 Å². The molecule has 1 nitrogen and oxygen atoms in total. The fourth-order valence-electron chi connectivity index (χ4n) is 0.971. The Balaban J connectivity index is 3.14. The highest BCUT2D eigenvalue weighted by molar-refractivity contribution is 5.50. The number of hydrogen-bond acceptors (Lipinski definition) is 1. The fourth-order valence-corrected chi connectivity index (χ4v) is 0.971. The maximum atomic E-state index is 13.1. The van der Waals surface area contributed by atoms with Crippen LogP contribution in [0.25, 0.3) is 6.08 Å². The first-order valence-electron chi connectivity index (χ1n) is 3.94. The van der Waals surface area contributed by atoms with E-state index in [0.717, 1.165) is 0 Å². The second kappa shape index (κ2) is 4.03. The maximum absolute atomic E-state index is 13.1. The van der Waals surface area contributed by atoms with Gasteiger partial charge in [-0.05, 0) is 19.1 Å². The minimum absolute atomic E-state index is 0.0643. The van der Waals surface area contributed by atoms with Crippen LogP contribution in [0, 0.1) is 11.6 Å². The van der Waals surface area contributed by atoms with Gasteiger partial charge in [-0.3, -0.25) is 0 Å². The molecular weight excluding hydrogens is 174 g/mol. The predicted molar refractivity (Wildman–Crippen MR) is 47.6 cm³/mol. The van der Waals surface area contributed by atoms with Crippen molar-refractivity contribution in [3.05, 3.63) is 35.9 Å². The van der Waals surface area contributed by atoms with Crippen molar-refractivity contribution in [2.24, 2.45) is 0 Å². The Labute approximate surface area is 75.6 Å². The lowest BCUT2D eigenvalue weighted by Crippen LogP contribution is -1.98. The smallest absolute Gasteiger partial charge is 0.201 e. The molecule has 0 saturated heterocycles. The highest BCUT2D eigenvalue weighted by Crippen LogP contribution is 2.23. The molecule has 0 N–H and O–H groups in total. The van der Waals surface area contributed by atoms with Crippen molar-refractivity contribution in [3.63, 3.8) is 0 Å². The fraction of sp³-hybridized carbons (Fsp3) is 0.200. The molecule has 13 heavy (non-hydrogen) atoms. The minimum atomic E-state index is -0.959. The number of benzene rings is 1. The SMILES string of the molecule is C=Cc1ccc(OCC)c(F)c1F. The Morgan fingerprint density at radius 2 is 2.08 bits per heavy atom. The van der Waals surface area contributed by atoms with E-state index < -0.39 is 11.6 Å². The van der Waals surface area contributed by atoms with Crippen LogP contribution < -0.4 is 4.74 Å². The van der Waals surface area contributed by atoms with Gasteiger partial charge in [0.05, 0.1) is 6.61 Å². The molecule has 1 aromatic carbocycles. The molecule has 0 fully saturated rings. The lowest BCUT2D eigenvalue weighted by molar-refractivity contribution is 0.314. The summed E-state index contributed by atoms with van der Waals surface area (Å²) in [5.41, 5.74) is 0.140. The number of hydrogen-bond donors (Lipinski definition) is 0. The molecule has 0 aliphatic carbocycles. The van der Waals surface area contributed by atoms with Gasteiger partial charge in [-0.1, -0.05) is 12.7 Å². The van der Waals surface area contributed by atoms with E-state index in [4.69, 9.17) is 4.74 Å². The van der Waals surface area contributed by atoms with E-state index in [1.165, 1.54) is 18.2 Å². The predicted octanol–water partition coefficient (Wildman–Crippen LogP) is 3.01. The van der Waals surface area contributed by atoms with Crippen LogP contribution in [0.15, 0.2) is 18.7 Å². The van der Waals surface area contributed by atoms with Gasteiger partial charge in [0.25, 0.3) is 0 Å². The Kier molecular flexibility index (Phi) is 3.01. The molecule has 0 aromatic heterocycles. The lowest BCUT2D eigenvalue weighted by atomic mass is 10.2.